The average Bonchev–Trinajstić information content (AvgIpc) is 3.24. The fraction of sp³-hybridized carbons (Fsp3) is 0.440. The van der Waals surface area contributed by atoms with Crippen LogP contribution in [0.3, 0.4) is 0 Å². The number of hydrogen-bond acceptors (Lipinski definition) is 5. The number of nitrogens with zero attached hydrogens (tertiary/aromatic N) is 1. The van der Waals surface area contributed by atoms with Crippen molar-refractivity contribution in [3.63, 3.8) is 0 Å². The van der Waals surface area contributed by atoms with Gasteiger partial charge in [0.25, 0.3) is 0 Å². The van der Waals surface area contributed by atoms with Crippen molar-refractivity contribution in [3.8, 4) is 5.75 Å². The maximum Gasteiger partial charge on any atom is 0.241 e. The summed E-state index contributed by atoms with van der Waals surface area (Å²) in [6.07, 6.45) is 1.34. The van der Waals surface area contributed by atoms with Crippen LogP contribution in [0.5, 0.6) is 5.75 Å². The van der Waals surface area contributed by atoms with Crippen molar-refractivity contribution in [2.45, 2.75) is 57.5 Å². The van der Waals surface area contributed by atoms with Crippen LogP contribution >= 0.6 is 0 Å². The Hall–Kier alpha value is -2.91. The molecule has 2 amide bonds. The normalized spacial score (nSPS) is 14.1. The zero-order valence-electron chi connectivity index (χ0n) is 20.1. The third-order valence-corrected chi connectivity index (χ3v) is 7.25. The summed E-state index contributed by atoms with van der Waals surface area (Å²) in [4.78, 5) is 26.8. The Balaban J connectivity index is 1.74. The van der Waals surface area contributed by atoms with E-state index in [0.717, 1.165) is 16.8 Å². The molecule has 1 atom stereocenters. The summed E-state index contributed by atoms with van der Waals surface area (Å²) in [6.45, 7) is 6.47. The first-order valence-corrected chi connectivity index (χ1v) is 13.0. The molecule has 1 unspecified atom stereocenters. The molecule has 0 bridgehead atoms. The summed E-state index contributed by atoms with van der Waals surface area (Å²) in [6, 6.07) is 11.2. The number of sulfonamides is 1. The van der Waals surface area contributed by atoms with Gasteiger partial charge in [-0.05, 0) is 60.2 Å². The average molecular weight is 488 g/mol. The van der Waals surface area contributed by atoms with E-state index in [1.165, 1.54) is 6.07 Å². The molecule has 1 aliphatic rings. The highest BCUT2D eigenvalue weighted by Crippen LogP contribution is 2.30. The molecule has 1 aliphatic heterocycles. The van der Waals surface area contributed by atoms with Crippen LogP contribution < -0.4 is 19.7 Å². The molecule has 34 heavy (non-hydrogen) atoms. The molecule has 0 aromatic heterocycles. The van der Waals surface area contributed by atoms with Crippen molar-refractivity contribution in [2.24, 2.45) is 5.92 Å². The number of rotatable bonds is 10. The summed E-state index contributed by atoms with van der Waals surface area (Å²) in [5.74, 6) is 0.407. The number of benzene rings is 2. The van der Waals surface area contributed by atoms with Crippen LogP contribution in [0, 0.1) is 5.92 Å². The van der Waals surface area contributed by atoms with Gasteiger partial charge in [0.15, 0.2) is 0 Å². The van der Waals surface area contributed by atoms with Gasteiger partial charge in [-0.3, -0.25) is 9.59 Å². The summed E-state index contributed by atoms with van der Waals surface area (Å²) >= 11 is 0. The Morgan fingerprint density at radius 2 is 1.91 bits per heavy atom. The lowest BCUT2D eigenvalue weighted by molar-refractivity contribution is -0.123. The number of amides is 2. The van der Waals surface area contributed by atoms with Crippen LogP contribution in [-0.2, 0) is 32.6 Å². The monoisotopic (exact) mass is 487 g/mol. The van der Waals surface area contributed by atoms with E-state index in [9.17, 15) is 18.0 Å². The van der Waals surface area contributed by atoms with Gasteiger partial charge in [0.1, 0.15) is 11.8 Å². The second kappa shape index (κ2) is 11.0. The predicted molar refractivity (Wildman–Crippen MR) is 131 cm³/mol. The third kappa shape index (κ3) is 6.15. The molecule has 3 rings (SSSR count). The molecule has 184 valence electrons. The Kier molecular flexibility index (Phi) is 8.33. The largest absolute Gasteiger partial charge is 0.497 e. The van der Waals surface area contributed by atoms with Crippen LogP contribution in [0.1, 0.15) is 44.7 Å². The molecule has 2 aromatic rings. The Morgan fingerprint density at radius 3 is 2.59 bits per heavy atom. The van der Waals surface area contributed by atoms with E-state index in [1.54, 1.807) is 31.1 Å². The van der Waals surface area contributed by atoms with E-state index < -0.39 is 16.1 Å². The third-order valence-electron chi connectivity index (χ3n) is 5.78. The van der Waals surface area contributed by atoms with E-state index in [4.69, 9.17) is 4.74 Å². The first-order valence-electron chi connectivity index (χ1n) is 11.5. The Morgan fingerprint density at radius 1 is 1.15 bits per heavy atom. The number of fused-ring (bicyclic) bond motifs is 1. The lowest BCUT2D eigenvalue weighted by Gasteiger charge is -2.21. The van der Waals surface area contributed by atoms with Crippen molar-refractivity contribution >= 4 is 27.5 Å². The number of methoxy groups -OCH3 is 1. The molecule has 0 radical (unpaired) electrons. The SMILES string of the molecule is CCC(=O)N1CCc2cc(S(=O)(=O)NC(CC(C)C)C(=O)NCc3cccc(OC)c3)ccc21. The highest BCUT2D eigenvalue weighted by atomic mass is 32.2. The van der Waals surface area contributed by atoms with Gasteiger partial charge in [-0.1, -0.05) is 32.9 Å². The molecule has 0 saturated carbocycles. The molecule has 0 saturated heterocycles. The van der Waals surface area contributed by atoms with Gasteiger partial charge in [0.05, 0.1) is 12.0 Å². The number of ether oxygens (including phenoxy) is 1. The van der Waals surface area contributed by atoms with Crippen LogP contribution in [0.25, 0.3) is 0 Å². The van der Waals surface area contributed by atoms with Gasteiger partial charge in [-0.2, -0.15) is 4.72 Å². The Bertz CT molecular complexity index is 1150. The number of carbonyl (C=O) groups excluding carboxylic acids is 2. The molecular formula is C25H33N3O5S. The standard InChI is InChI=1S/C25H33N3O5S/c1-5-24(29)28-12-11-19-15-21(9-10-23(19)28)34(31,32)27-22(13-17(2)3)25(30)26-16-18-7-6-8-20(14-18)33-4/h6-10,14-15,17,22,27H,5,11-13,16H2,1-4H3,(H,26,30). The highest BCUT2D eigenvalue weighted by Gasteiger charge is 2.29. The fourth-order valence-corrected chi connectivity index (χ4v) is 5.28. The summed E-state index contributed by atoms with van der Waals surface area (Å²) in [5.41, 5.74) is 2.41. The first-order chi connectivity index (χ1) is 16.1. The quantitative estimate of drug-likeness (QED) is 0.536. The van der Waals surface area contributed by atoms with Crippen LogP contribution in [-0.4, -0.2) is 39.9 Å². The lowest BCUT2D eigenvalue weighted by atomic mass is 10.0. The van der Waals surface area contributed by atoms with Crippen LogP contribution in [0.15, 0.2) is 47.4 Å². The van der Waals surface area contributed by atoms with Crippen molar-refractivity contribution in [1.82, 2.24) is 10.0 Å². The lowest BCUT2D eigenvalue weighted by Crippen LogP contribution is -2.47. The second-order valence-electron chi connectivity index (χ2n) is 8.81. The zero-order chi connectivity index (χ0) is 24.9. The summed E-state index contributed by atoms with van der Waals surface area (Å²) in [7, 11) is -2.37. The van der Waals surface area contributed by atoms with Gasteiger partial charge in [-0.15, -0.1) is 0 Å². The highest BCUT2D eigenvalue weighted by molar-refractivity contribution is 7.89. The molecule has 9 heteroatoms. The molecule has 2 aromatic carbocycles. The molecule has 8 nitrogen and oxygen atoms in total. The van der Waals surface area contributed by atoms with Crippen molar-refractivity contribution < 1.29 is 22.7 Å². The molecule has 2 N–H and O–H groups in total. The maximum atomic E-state index is 13.2. The fourth-order valence-electron chi connectivity index (χ4n) is 4.03. The van der Waals surface area contributed by atoms with E-state index in [-0.39, 0.29) is 29.2 Å². The minimum absolute atomic E-state index is 0.0113. The van der Waals surface area contributed by atoms with Gasteiger partial charge < -0.3 is 15.0 Å². The first kappa shape index (κ1) is 25.7. The van der Waals surface area contributed by atoms with Gasteiger partial charge in [-0.25, -0.2) is 8.42 Å². The minimum Gasteiger partial charge on any atom is -0.497 e. The van der Waals surface area contributed by atoms with E-state index >= 15 is 0 Å². The smallest absolute Gasteiger partial charge is 0.241 e. The molecule has 0 fully saturated rings. The minimum atomic E-state index is -3.94. The summed E-state index contributed by atoms with van der Waals surface area (Å²) in [5, 5.41) is 2.83. The zero-order valence-corrected chi connectivity index (χ0v) is 20.9. The molecule has 0 spiro atoms. The summed E-state index contributed by atoms with van der Waals surface area (Å²) < 4.78 is 34.1. The topological polar surface area (TPSA) is 105 Å². The van der Waals surface area contributed by atoms with Crippen LogP contribution in [0.4, 0.5) is 5.69 Å². The van der Waals surface area contributed by atoms with E-state index in [0.29, 0.717) is 31.6 Å². The maximum absolute atomic E-state index is 13.2. The van der Waals surface area contributed by atoms with Crippen molar-refractivity contribution in [1.29, 1.82) is 0 Å². The second-order valence-corrected chi connectivity index (χ2v) is 10.5. The number of hydrogen-bond donors (Lipinski definition) is 2. The number of nitrogens with one attached hydrogen (secondary N) is 2. The van der Waals surface area contributed by atoms with Gasteiger partial charge in [0, 0.05) is 25.2 Å². The number of anilines is 1. The van der Waals surface area contributed by atoms with Gasteiger partial charge in [0.2, 0.25) is 21.8 Å². The predicted octanol–water partition coefficient (Wildman–Crippen LogP) is 3.00. The van der Waals surface area contributed by atoms with E-state index in [1.807, 2.05) is 38.1 Å². The number of carbonyl (C=O) groups is 2. The van der Waals surface area contributed by atoms with Crippen LogP contribution in [0.2, 0.25) is 0 Å². The van der Waals surface area contributed by atoms with E-state index in [2.05, 4.69) is 10.0 Å². The Labute approximate surface area is 201 Å². The molecular weight excluding hydrogens is 454 g/mol. The van der Waals surface area contributed by atoms with Crippen molar-refractivity contribution in [2.75, 3.05) is 18.6 Å². The van der Waals surface area contributed by atoms with Crippen molar-refractivity contribution in [3.05, 3.63) is 53.6 Å². The molecule has 1 heterocycles. The molecule has 0 aliphatic carbocycles. The van der Waals surface area contributed by atoms with Gasteiger partial charge >= 0.3 is 0 Å².